The van der Waals surface area contributed by atoms with Gasteiger partial charge in [0.15, 0.2) is 5.16 Å². The lowest BCUT2D eigenvalue weighted by atomic mass is 10.1. The summed E-state index contributed by atoms with van der Waals surface area (Å²) in [5.41, 5.74) is 5.53. The average Bonchev–Trinajstić information content (AvgIpc) is 2.62. The fourth-order valence-corrected chi connectivity index (χ4v) is 2.82. The number of nitrogens with one attached hydrogen (secondary N) is 1. The molecule has 0 fully saturated rings. The maximum atomic E-state index is 11.7. The largest absolute Gasteiger partial charge is 0.325 e. The van der Waals surface area contributed by atoms with Crippen molar-refractivity contribution in [1.29, 1.82) is 0 Å². The van der Waals surface area contributed by atoms with Crippen molar-refractivity contribution in [3.05, 3.63) is 21.8 Å². The molecule has 6 heteroatoms. The maximum Gasteiger partial charge on any atom is 0.260 e. The van der Waals surface area contributed by atoms with Crippen LogP contribution in [0.15, 0.2) is 21.4 Å². The molecule has 2 aromatic rings. The molecule has 0 atom stereocenters. The van der Waals surface area contributed by atoms with Crippen molar-refractivity contribution in [3.8, 4) is 0 Å². The van der Waals surface area contributed by atoms with Crippen LogP contribution < -0.4 is 11.3 Å². The van der Waals surface area contributed by atoms with Gasteiger partial charge in [0.1, 0.15) is 4.83 Å². The molecule has 0 unspecified atom stereocenters. The van der Waals surface area contributed by atoms with Gasteiger partial charge in [0.25, 0.3) is 5.56 Å². The first-order valence-corrected chi connectivity index (χ1v) is 6.71. The standard InChI is InChI=1S/C10H13N3OS2/c1-10(2,11)5-16-9-12-7(14)6-3-4-15-8(6)13-9/h3-4H,5,11H2,1-2H3,(H,12,13,14). The summed E-state index contributed by atoms with van der Waals surface area (Å²) < 4.78 is 0. The molecular formula is C10H13N3OS2. The predicted molar refractivity (Wildman–Crippen MR) is 69.2 cm³/mol. The summed E-state index contributed by atoms with van der Waals surface area (Å²) in [5.74, 6) is 0.715. The van der Waals surface area contributed by atoms with Gasteiger partial charge in [-0.15, -0.1) is 11.3 Å². The van der Waals surface area contributed by atoms with E-state index in [1.165, 1.54) is 23.1 Å². The Hall–Kier alpha value is -0.850. The van der Waals surface area contributed by atoms with E-state index in [-0.39, 0.29) is 11.1 Å². The summed E-state index contributed by atoms with van der Waals surface area (Å²) in [5, 5.41) is 3.16. The number of hydrogen-bond donors (Lipinski definition) is 2. The second-order valence-electron chi connectivity index (χ2n) is 4.29. The number of thioether (sulfide) groups is 1. The van der Waals surface area contributed by atoms with E-state index in [9.17, 15) is 4.79 Å². The van der Waals surface area contributed by atoms with E-state index in [0.717, 1.165) is 4.83 Å². The first-order chi connectivity index (χ1) is 7.46. The van der Waals surface area contributed by atoms with Crippen molar-refractivity contribution in [1.82, 2.24) is 9.97 Å². The highest BCUT2D eigenvalue weighted by Crippen LogP contribution is 2.20. The van der Waals surface area contributed by atoms with Crippen LogP contribution in [-0.4, -0.2) is 21.3 Å². The fraction of sp³-hybridized carbons (Fsp3) is 0.400. The molecule has 0 bridgehead atoms. The van der Waals surface area contributed by atoms with Crippen LogP contribution in [0.2, 0.25) is 0 Å². The molecule has 0 aliphatic rings. The van der Waals surface area contributed by atoms with Gasteiger partial charge in [-0.3, -0.25) is 4.79 Å². The van der Waals surface area contributed by atoms with Crippen LogP contribution in [0.5, 0.6) is 0 Å². The molecule has 0 aliphatic heterocycles. The Labute approximate surface area is 101 Å². The van der Waals surface area contributed by atoms with Crippen LogP contribution in [0.3, 0.4) is 0 Å². The number of thiophene rings is 1. The van der Waals surface area contributed by atoms with E-state index < -0.39 is 0 Å². The minimum Gasteiger partial charge on any atom is -0.325 e. The molecule has 0 saturated carbocycles. The first kappa shape index (κ1) is 11.6. The first-order valence-electron chi connectivity index (χ1n) is 4.85. The monoisotopic (exact) mass is 255 g/mol. The van der Waals surface area contributed by atoms with Gasteiger partial charge in [0, 0.05) is 11.3 Å². The van der Waals surface area contributed by atoms with E-state index in [1.807, 2.05) is 19.2 Å². The zero-order chi connectivity index (χ0) is 11.8. The third kappa shape index (κ3) is 2.63. The normalized spacial score (nSPS) is 12.2. The quantitative estimate of drug-likeness (QED) is 0.648. The van der Waals surface area contributed by atoms with E-state index in [2.05, 4.69) is 9.97 Å². The number of H-pyrrole nitrogens is 1. The molecule has 16 heavy (non-hydrogen) atoms. The van der Waals surface area contributed by atoms with Gasteiger partial charge in [-0.1, -0.05) is 11.8 Å². The number of nitrogens with two attached hydrogens (primary N) is 1. The highest BCUT2D eigenvalue weighted by molar-refractivity contribution is 7.99. The van der Waals surface area contributed by atoms with Crippen LogP contribution in [0, 0.1) is 0 Å². The van der Waals surface area contributed by atoms with E-state index in [0.29, 0.717) is 16.3 Å². The van der Waals surface area contributed by atoms with Crippen molar-refractivity contribution in [3.63, 3.8) is 0 Å². The van der Waals surface area contributed by atoms with Crippen LogP contribution >= 0.6 is 23.1 Å². The number of aromatic nitrogens is 2. The summed E-state index contributed by atoms with van der Waals surface area (Å²) in [6, 6.07) is 1.78. The molecule has 2 rings (SSSR count). The van der Waals surface area contributed by atoms with Crippen molar-refractivity contribution in [2.24, 2.45) is 5.73 Å². The fourth-order valence-electron chi connectivity index (χ4n) is 1.17. The Bertz CT molecular complexity index is 553. The van der Waals surface area contributed by atoms with E-state index in [4.69, 9.17) is 5.73 Å². The van der Waals surface area contributed by atoms with Gasteiger partial charge in [-0.2, -0.15) is 0 Å². The lowest BCUT2D eigenvalue weighted by Gasteiger charge is -2.16. The Morgan fingerprint density at radius 2 is 2.38 bits per heavy atom. The summed E-state index contributed by atoms with van der Waals surface area (Å²) in [6.07, 6.45) is 0. The SMILES string of the molecule is CC(C)(N)CSc1nc2sccc2c(=O)[nH]1. The third-order valence-electron chi connectivity index (χ3n) is 1.89. The molecule has 0 saturated heterocycles. The van der Waals surface area contributed by atoms with Crippen LogP contribution in [0.1, 0.15) is 13.8 Å². The number of fused-ring (bicyclic) bond motifs is 1. The average molecular weight is 255 g/mol. The minimum absolute atomic E-state index is 0.0800. The van der Waals surface area contributed by atoms with Crippen molar-refractivity contribution < 1.29 is 0 Å². The number of hydrogen-bond acceptors (Lipinski definition) is 5. The summed E-state index contributed by atoms with van der Waals surface area (Å²) >= 11 is 2.95. The molecule has 2 heterocycles. The minimum atomic E-state index is -0.270. The van der Waals surface area contributed by atoms with Gasteiger partial charge < -0.3 is 10.7 Å². The zero-order valence-electron chi connectivity index (χ0n) is 9.11. The van der Waals surface area contributed by atoms with Crippen LogP contribution in [0.25, 0.3) is 10.2 Å². The lowest BCUT2D eigenvalue weighted by Crippen LogP contribution is -2.34. The second-order valence-corrected chi connectivity index (χ2v) is 6.15. The molecule has 0 amide bonds. The van der Waals surface area contributed by atoms with Crippen LogP contribution in [-0.2, 0) is 0 Å². The van der Waals surface area contributed by atoms with Gasteiger partial charge >= 0.3 is 0 Å². The summed E-state index contributed by atoms with van der Waals surface area (Å²) in [7, 11) is 0. The van der Waals surface area contributed by atoms with Crippen molar-refractivity contribution in [2.75, 3.05) is 5.75 Å². The van der Waals surface area contributed by atoms with Crippen molar-refractivity contribution >= 4 is 33.3 Å². The molecular weight excluding hydrogens is 242 g/mol. The zero-order valence-corrected chi connectivity index (χ0v) is 10.7. The molecule has 0 aliphatic carbocycles. The van der Waals surface area contributed by atoms with Gasteiger partial charge in [-0.25, -0.2) is 4.98 Å². The number of aromatic amines is 1. The topological polar surface area (TPSA) is 71.8 Å². The second kappa shape index (κ2) is 4.20. The third-order valence-corrected chi connectivity index (χ3v) is 4.06. The predicted octanol–water partition coefficient (Wildman–Crippen LogP) is 1.81. The highest BCUT2D eigenvalue weighted by atomic mass is 32.2. The van der Waals surface area contributed by atoms with Gasteiger partial charge in [-0.05, 0) is 25.3 Å². The smallest absolute Gasteiger partial charge is 0.260 e. The lowest BCUT2D eigenvalue weighted by molar-refractivity contribution is 0.590. The molecule has 0 radical (unpaired) electrons. The molecule has 0 aromatic carbocycles. The van der Waals surface area contributed by atoms with E-state index >= 15 is 0 Å². The maximum absolute atomic E-state index is 11.7. The molecule has 2 aromatic heterocycles. The molecule has 4 nitrogen and oxygen atoms in total. The Kier molecular flexibility index (Phi) is 3.05. The molecule has 0 spiro atoms. The number of rotatable bonds is 3. The highest BCUT2D eigenvalue weighted by Gasteiger charge is 2.13. The Morgan fingerprint density at radius 1 is 1.62 bits per heavy atom. The van der Waals surface area contributed by atoms with Crippen molar-refractivity contribution in [2.45, 2.75) is 24.5 Å². The van der Waals surface area contributed by atoms with Gasteiger partial charge in [0.05, 0.1) is 5.39 Å². The molecule has 3 N–H and O–H groups in total. The Morgan fingerprint density at radius 3 is 3.06 bits per heavy atom. The Balaban J connectivity index is 2.29. The van der Waals surface area contributed by atoms with E-state index in [1.54, 1.807) is 6.07 Å². The molecule has 86 valence electrons. The summed E-state index contributed by atoms with van der Waals surface area (Å²) in [6.45, 7) is 3.89. The van der Waals surface area contributed by atoms with Gasteiger partial charge in [0.2, 0.25) is 0 Å². The van der Waals surface area contributed by atoms with Crippen LogP contribution in [0.4, 0.5) is 0 Å². The summed E-state index contributed by atoms with van der Waals surface area (Å²) in [4.78, 5) is 19.6. The number of nitrogens with zero attached hydrogens (tertiary/aromatic N) is 1.